The number of ketones is 1. The Morgan fingerprint density at radius 1 is 0.688 bits per heavy atom. The Kier molecular flexibility index (Phi) is 8.03. The summed E-state index contributed by atoms with van der Waals surface area (Å²) in [6.07, 6.45) is 5.40. The maximum atomic E-state index is 14.2. The van der Waals surface area contributed by atoms with Gasteiger partial charge >= 0.3 is 0 Å². The fourth-order valence-corrected chi connectivity index (χ4v) is 5.13. The highest BCUT2D eigenvalue weighted by molar-refractivity contribution is 6.74. The van der Waals surface area contributed by atoms with Crippen LogP contribution >= 0.6 is 0 Å². The molecule has 0 aliphatic rings. The Bertz CT molecular complexity index is 815. The van der Waals surface area contributed by atoms with Gasteiger partial charge in [0, 0.05) is 24.8 Å². The highest BCUT2D eigenvalue weighted by Gasteiger charge is 2.45. The van der Waals surface area contributed by atoms with Crippen molar-refractivity contribution in [2.24, 2.45) is 0 Å². The molecule has 0 aliphatic carbocycles. The van der Waals surface area contributed by atoms with Crippen LogP contribution < -0.4 is 0 Å². The van der Waals surface area contributed by atoms with Crippen LogP contribution in [0.5, 0.6) is 0 Å². The average Bonchev–Trinajstić information content (AvgIpc) is 2.69. The number of aromatic nitrogens is 2. The van der Waals surface area contributed by atoms with Gasteiger partial charge in [-0.1, -0.05) is 41.5 Å². The second-order valence-corrected chi connectivity index (χ2v) is 21.0. The number of hydrogen-bond acceptors (Lipinski definition) is 5. The standard InChI is InChI=1S/C25H40N2O3Si2/c1-24(2,3)31(7,8)29-22(19-11-15-26-16-12-19)21(28)23(20-13-17-27-18-14-20)30-32(9,10)25(4,5)6/h11-18,22-23H,1-10H3. The summed E-state index contributed by atoms with van der Waals surface area (Å²) in [5.41, 5.74) is 1.63. The van der Waals surface area contributed by atoms with Gasteiger partial charge in [0.25, 0.3) is 0 Å². The van der Waals surface area contributed by atoms with Crippen LogP contribution in [0.2, 0.25) is 36.3 Å². The number of pyridine rings is 2. The van der Waals surface area contributed by atoms with Crippen molar-refractivity contribution in [3.05, 3.63) is 60.2 Å². The summed E-state index contributed by atoms with van der Waals surface area (Å²) in [7, 11) is -4.51. The van der Waals surface area contributed by atoms with E-state index in [1.165, 1.54) is 0 Å². The van der Waals surface area contributed by atoms with Gasteiger partial charge in [0.2, 0.25) is 0 Å². The molecule has 2 rings (SSSR count). The molecule has 0 N–H and O–H groups in total. The van der Waals surface area contributed by atoms with Crippen molar-refractivity contribution >= 4 is 22.4 Å². The summed E-state index contributed by atoms with van der Waals surface area (Å²) in [4.78, 5) is 22.5. The van der Waals surface area contributed by atoms with E-state index in [-0.39, 0.29) is 15.9 Å². The molecule has 0 spiro atoms. The molecule has 2 aromatic heterocycles. The first-order valence-corrected chi connectivity index (χ1v) is 17.1. The molecule has 2 aromatic rings. The molecular formula is C25H40N2O3Si2. The highest BCUT2D eigenvalue weighted by Crippen LogP contribution is 2.44. The van der Waals surface area contributed by atoms with Gasteiger partial charge in [-0.15, -0.1) is 0 Å². The number of nitrogens with zero attached hydrogens (tertiary/aromatic N) is 2. The quantitative estimate of drug-likeness (QED) is 0.392. The minimum absolute atomic E-state index is 0.0367. The highest BCUT2D eigenvalue weighted by atomic mass is 28.4. The van der Waals surface area contributed by atoms with Gasteiger partial charge in [-0.2, -0.15) is 0 Å². The van der Waals surface area contributed by atoms with Crippen molar-refractivity contribution in [3.8, 4) is 0 Å². The summed E-state index contributed by atoms with van der Waals surface area (Å²) in [6.45, 7) is 21.8. The van der Waals surface area contributed by atoms with Gasteiger partial charge in [0.15, 0.2) is 22.4 Å². The first-order chi connectivity index (χ1) is 14.6. The van der Waals surface area contributed by atoms with E-state index in [9.17, 15) is 4.79 Å². The molecule has 0 bridgehead atoms. The van der Waals surface area contributed by atoms with E-state index in [2.05, 4.69) is 77.7 Å². The third-order valence-corrected chi connectivity index (χ3v) is 15.8. The number of carbonyl (C=O) groups is 1. The lowest BCUT2D eigenvalue weighted by atomic mass is 9.99. The van der Waals surface area contributed by atoms with E-state index in [0.29, 0.717) is 0 Å². The van der Waals surface area contributed by atoms with Crippen LogP contribution in [-0.4, -0.2) is 32.4 Å². The zero-order valence-corrected chi connectivity index (χ0v) is 23.4. The molecule has 0 saturated heterocycles. The van der Waals surface area contributed by atoms with Crippen LogP contribution in [-0.2, 0) is 13.6 Å². The molecule has 7 heteroatoms. The Morgan fingerprint density at radius 3 is 1.22 bits per heavy atom. The van der Waals surface area contributed by atoms with E-state index in [4.69, 9.17) is 8.85 Å². The Labute approximate surface area is 196 Å². The molecule has 0 saturated carbocycles. The molecule has 0 aliphatic heterocycles. The first-order valence-electron chi connectivity index (χ1n) is 11.3. The summed E-state index contributed by atoms with van der Waals surface area (Å²) >= 11 is 0. The molecule has 0 amide bonds. The second kappa shape index (κ2) is 9.67. The van der Waals surface area contributed by atoms with Gasteiger partial charge in [-0.3, -0.25) is 14.8 Å². The Morgan fingerprint density at radius 2 is 0.969 bits per heavy atom. The number of hydrogen-bond donors (Lipinski definition) is 0. The SMILES string of the molecule is CC(C)(C)[Si](C)(C)OC(C(=O)C(O[Si](C)(C)C(C)(C)C)c1ccncc1)c1ccncc1. The topological polar surface area (TPSA) is 61.3 Å². The third-order valence-electron chi connectivity index (χ3n) is 6.97. The van der Waals surface area contributed by atoms with Crippen molar-refractivity contribution in [1.29, 1.82) is 0 Å². The molecular weight excluding hydrogens is 432 g/mol. The molecule has 32 heavy (non-hydrogen) atoms. The van der Waals surface area contributed by atoms with Crippen molar-refractivity contribution < 1.29 is 13.6 Å². The zero-order valence-electron chi connectivity index (χ0n) is 21.4. The van der Waals surface area contributed by atoms with Crippen molar-refractivity contribution in [1.82, 2.24) is 9.97 Å². The summed E-state index contributed by atoms with van der Waals surface area (Å²) in [5, 5.41) is -0.0734. The maximum Gasteiger partial charge on any atom is 0.196 e. The van der Waals surface area contributed by atoms with Crippen LogP contribution in [0.1, 0.15) is 64.9 Å². The maximum absolute atomic E-state index is 14.2. The summed E-state index contributed by atoms with van der Waals surface area (Å²) in [5.74, 6) is -0.0722. The minimum atomic E-state index is -2.25. The van der Waals surface area contributed by atoms with Crippen LogP contribution in [0.15, 0.2) is 49.1 Å². The number of rotatable bonds is 8. The molecule has 2 heterocycles. The van der Waals surface area contributed by atoms with Gasteiger partial charge in [0.1, 0.15) is 12.2 Å². The Balaban J connectivity index is 2.57. The van der Waals surface area contributed by atoms with Gasteiger partial charge < -0.3 is 8.85 Å². The van der Waals surface area contributed by atoms with E-state index in [1.807, 2.05) is 24.3 Å². The molecule has 5 nitrogen and oxygen atoms in total. The summed E-state index contributed by atoms with van der Waals surface area (Å²) < 4.78 is 13.5. The molecule has 0 fully saturated rings. The van der Waals surface area contributed by atoms with Crippen molar-refractivity contribution in [2.45, 2.75) is 90.0 Å². The smallest absolute Gasteiger partial charge is 0.196 e. The Hall–Kier alpha value is -1.68. The lowest BCUT2D eigenvalue weighted by Gasteiger charge is -2.42. The number of Topliss-reactive ketones (excluding diaryl/α,β-unsaturated/α-hetero) is 1. The minimum Gasteiger partial charge on any atom is -0.403 e. The largest absolute Gasteiger partial charge is 0.403 e. The molecule has 0 aromatic carbocycles. The van der Waals surface area contributed by atoms with Gasteiger partial charge in [0.05, 0.1) is 0 Å². The van der Waals surface area contributed by atoms with Crippen LogP contribution in [0.25, 0.3) is 0 Å². The molecule has 2 atom stereocenters. The predicted molar refractivity (Wildman–Crippen MR) is 136 cm³/mol. The average molecular weight is 473 g/mol. The number of carbonyl (C=O) groups excluding carboxylic acids is 1. The van der Waals surface area contributed by atoms with Crippen LogP contribution in [0.4, 0.5) is 0 Å². The van der Waals surface area contributed by atoms with Gasteiger partial charge in [-0.05, 0) is 71.7 Å². The normalized spacial score (nSPS) is 15.3. The van der Waals surface area contributed by atoms with E-state index >= 15 is 0 Å². The van der Waals surface area contributed by atoms with Crippen molar-refractivity contribution in [2.75, 3.05) is 0 Å². The molecule has 0 radical (unpaired) electrons. The zero-order chi connectivity index (χ0) is 24.4. The van der Waals surface area contributed by atoms with Crippen molar-refractivity contribution in [3.63, 3.8) is 0 Å². The third kappa shape index (κ3) is 6.22. The predicted octanol–water partition coefficient (Wildman–Crippen LogP) is 6.87. The fourth-order valence-electron chi connectivity index (χ4n) is 2.74. The first kappa shape index (κ1) is 26.6. The lowest BCUT2D eigenvalue weighted by Crippen LogP contribution is -2.46. The van der Waals surface area contributed by atoms with E-state index in [1.54, 1.807) is 24.8 Å². The molecule has 2 unspecified atom stereocenters. The van der Waals surface area contributed by atoms with E-state index in [0.717, 1.165) is 11.1 Å². The summed E-state index contributed by atoms with van der Waals surface area (Å²) in [6, 6.07) is 7.47. The van der Waals surface area contributed by atoms with E-state index < -0.39 is 28.8 Å². The fraction of sp³-hybridized carbons (Fsp3) is 0.560. The lowest BCUT2D eigenvalue weighted by molar-refractivity contribution is -0.134. The molecule has 176 valence electrons. The van der Waals surface area contributed by atoms with Gasteiger partial charge in [-0.25, -0.2) is 0 Å². The monoisotopic (exact) mass is 472 g/mol. The van der Waals surface area contributed by atoms with Crippen LogP contribution in [0.3, 0.4) is 0 Å². The van der Waals surface area contributed by atoms with Crippen LogP contribution in [0, 0.1) is 0 Å². The second-order valence-electron chi connectivity index (χ2n) is 11.5.